The first-order chi connectivity index (χ1) is 13.5. The maximum absolute atomic E-state index is 12.7. The fraction of sp³-hybridized carbons (Fsp3) is 0.333. The van der Waals surface area contributed by atoms with Crippen molar-refractivity contribution in [2.24, 2.45) is 0 Å². The van der Waals surface area contributed by atoms with E-state index in [1.807, 2.05) is 44.2 Å². The number of carbonyl (C=O) groups is 2. The molecule has 1 aromatic carbocycles. The number of hydrogen-bond donors (Lipinski definition) is 1. The number of amides is 1. The summed E-state index contributed by atoms with van der Waals surface area (Å²) in [5, 5.41) is 7.20. The third-order valence-corrected chi connectivity index (χ3v) is 4.37. The zero-order valence-corrected chi connectivity index (χ0v) is 16.2. The Morgan fingerprint density at radius 2 is 2.00 bits per heavy atom. The summed E-state index contributed by atoms with van der Waals surface area (Å²) < 4.78 is 10.5. The molecule has 7 heteroatoms. The van der Waals surface area contributed by atoms with Gasteiger partial charge in [0.15, 0.2) is 6.61 Å². The zero-order valence-electron chi connectivity index (χ0n) is 16.2. The number of nitrogens with one attached hydrogen (secondary N) is 1. The highest BCUT2D eigenvalue weighted by Gasteiger charge is 2.21. The minimum atomic E-state index is -0.617. The van der Waals surface area contributed by atoms with Gasteiger partial charge < -0.3 is 14.6 Å². The van der Waals surface area contributed by atoms with Gasteiger partial charge in [0.05, 0.1) is 22.3 Å². The van der Waals surface area contributed by atoms with Crippen LogP contribution in [0.3, 0.4) is 0 Å². The molecule has 1 atom stereocenters. The second-order valence-electron chi connectivity index (χ2n) is 6.70. The molecular formula is C21H23N3O4. The SMILES string of the molecule is CCCC(C)NC(=O)COC(=O)c1cc(-c2ccccc2)nc2onc(C)c12. The molecule has 0 fully saturated rings. The van der Waals surface area contributed by atoms with Crippen molar-refractivity contribution in [2.45, 2.75) is 39.7 Å². The van der Waals surface area contributed by atoms with E-state index >= 15 is 0 Å². The lowest BCUT2D eigenvalue weighted by Gasteiger charge is -2.13. The molecule has 0 spiro atoms. The molecule has 0 aliphatic rings. The molecular weight excluding hydrogens is 358 g/mol. The molecule has 0 bridgehead atoms. The maximum Gasteiger partial charge on any atom is 0.339 e. The lowest BCUT2D eigenvalue weighted by Crippen LogP contribution is -2.35. The van der Waals surface area contributed by atoms with E-state index in [9.17, 15) is 9.59 Å². The van der Waals surface area contributed by atoms with Gasteiger partial charge in [-0.05, 0) is 26.3 Å². The Balaban J connectivity index is 1.84. The van der Waals surface area contributed by atoms with Crippen LogP contribution in [0.25, 0.3) is 22.4 Å². The van der Waals surface area contributed by atoms with Crippen LogP contribution in [0.2, 0.25) is 0 Å². The van der Waals surface area contributed by atoms with Crippen molar-refractivity contribution in [3.05, 3.63) is 47.7 Å². The Hall–Kier alpha value is -3.22. The average Bonchev–Trinajstić information content (AvgIpc) is 3.07. The van der Waals surface area contributed by atoms with Crippen LogP contribution in [0.4, 0.5) is 0 Å². The number of nitrogens with zero attached hydrogens (tertiary/aromatic N) is 2. The molecule has 7 nitrogen and oxygen atoms in total. The molecule has 1 unspecified atom stereocenters. The minimum Gasteiger partial charge on any atom is -0.452 e. The number of esters is 1. The van der Waals surface area contributed by atoms with Gasteiger partial charge in [0, 0.05) is 11.6 Å². The molecule has 2 heterocycles. The lowest BCUT2D eigenvalue weighted by atomic mass is 10.1. The van der Waals surface area contributed by atoms with Crippen LogP contribution in [0.1, 0.15) is 42.7 Å². The standard InChI is InChI=1S/C21H23N3O4/c1-4-8-13(2)22-18(25)12-27-21(26)16-11-17(15-9-6-5-7-10-15)23-20-19(16)14(3)24-28-20/h5-7,9-11,13H,4,8,12H2,1-3H3,(H,22,25). The number of rotatable bonds is 7. The van der Waals surface area contributed by atoms with Crippen LogP contribution in [-0.4, -0.2) is 34.7 Å². The molecule has 0 radical (unpaired) electrons. The fourth-order valence-electron chi connectivity index (χ4n) is 3.04. The third-order valence-electron chi connectivity index (χ3n) is 4.37. The molecule has 1 amide bonds. The summed E-state index contributed by atoms with van der Waals surface area (Å²) in [4.78, 5) is 29.2. The third kappa shape index (κ3) is 4.36. The molecule has 0 saturated carbocycles. The summed E-state index contributed by atoms with van der Waals surface area (Å²) >= 11 is 0. The number of fused-ring (bicyclic) bond motifs is 1. The monoisotopic (exact) mass is 381 g/mol. The van der Waals surface area contributed by atoms with Crippen molar-refractivity contribution < 1.29 is 18.8 Å². The molecule has 28 heavy (non-hydrogen) atoms. The highest BCUT2D eigenvalue weighted by Crippen LogP contribution is 2.27. The van der Waals surface area contributed by atoms with Gasteiger partial charge in [-0.25, -0.2) is 9.78 Å². The Bertz CT molecular complexity index is 982. The summed E-state index contributed by atoms with van der Waals surface area (Å²) in [5.74, 6) is -0.945. The number of aromatic nitrogens is 2. The zero-order chi connectivity index (χ0) is 20.1. The first-order valence-corrected chi connectivity index (χ1v) is 9.28. The first-order valence-electron chi connectivity index (χ1n) is 9.28. The Kier molecular flexibility index (Phi) is 6.03. The normalized spacial score (nSPS) is 12.0. The van der Waals surface area contributed by atoms with Gasteiger partial charge in [-0.1, -0.05) is 48.8 Å². The van der Waals surface area contributed by atoms with Gasteiger partial charge in [0.1, 0.15) is 0 Å². The number of aryl methyl sites for hydroxylation is 1. The molecule has 0 saturated heterocycles. The molecule has 3 rings (SSSR count). The highest BCUT2D eigenvalue weighted by molar-refractivity contribution is 6.04. The van der Waals surface area contributed by atoms with E-state index in [-0.39, 0.29) is 29.8 Å². The molecule has 0 aliphatic heterocycles. The number of benzene rings is 1. The van der Waals surface area contributed by atoms with Gasteiger partial charge >= 0.3 is 5.97 Å². The van der Waals surface area contributed by atoms with E-state index < -0.39 is 5.97 Å². The maximum atomic E-state index is 12.7. The summed E-state index contributed by atoms with van der Waals surface area (Å²) in [6.07, 6.45) is 1.83. The van der Waals surface area contributed by atoms with E-state index in [1.54, 1.807) is 13.0 Å². The van der Waals surface area contributed by atoms with Crippen molar-refractivity contribution >= 4 is 23.0 Å². The van der Waals surface area contributed by atoms with E-state index in [0.29, 0.717) is 16.8 Å². The Morgan fingerprint density at radius 1 is 1.25 bits per heavy atom. The van der Waals surface area contributed by atoms with Crippen molar-refractivity contribution in [2.75, 3.05) is 6.61 Å². The number of pyridine rings is 1. The smallest absolute Gasteiger partial charge is 0.339 e. The number of hydrogen-bond acceptors (Lipinski definition) is 6. The number of ether oxygens (including phenoxy) is 1. The van der Waals surface area contributed by atoms with Crippen LogP contribution in [0, 0.1) is 6.92 Å². The highest BCUT2D eigenvalue weighted by atomic mass is 16.5. The van der Waals surface area contributed by atoms with Crippen LogP contribution in [-0.2, 0) is 9.53 Å². The van der Waals surface area contributed by atoms with Gasteiger partial charge in [-0.2, -0.15) is 0 Å². The van der Waals surface area contributed by atoms with Gasteiger partial charge in [0.2, 0.25) is 0 Å². The van der Waals surface area contributed by atoms with Crippen LogP contribution in [0.15, 0.2) is 40.9 Å². The summed E-state index contributed by atoms with van der Waals surface area (Å²) in [7, 11) is 0. The van der Waals surface area contributed by atoms with E-state index in [2.05, 4.69) is 15.5 Å². The van der Waals surface area contributed by atoms with Crippen molar-refractivity contribution in [1.29, 1.82) is 0 Å². The van der Waals surface area contributed by atoms with Crippen LogP contribution in [0.5, 0.6) is 0 Å². The van der Waals surface area contributed by atoms with Crippen molar-refractivity contribution in [1.82, 2.24) is 15.5 Å². The van der Waals surface area contributed by atoms with E-state index in [4.69, 9.17) is 9.26 Å². The second-order valence-corrected chi connectivity index (χ2v) is 6.70. The Labute approximate surface area is 163 Å². The summed E-state index contributed by atoms with van der Waals surface area (Å²) in [6.45, 7) is 5.35. The average molecular weight is 381 g/mol. The topological polar surface area (TPSA) is 94.3 Å². The van der Waals surface area contributed by atoms with E-state index in [0.717, 1.165) is 18.4 Å². The molecule has 146 valence electrons. The predicted octanol–water partition coefficient (Wildman–Crippen LogP) is 3.66. The first kappa shape index (κ1) is 19.5. The fourth-order valence-corrected chi connectivity index (χ4v) is 3.04. The summed E-state index contributed by atoms with van der Waals surface area (Å²) in [5.41, 5.74) is 2.47. The second kappa shape index (κ2) is 8.65. The number of carbonyl (C=O) groups excluding carboxylic acids is 2. The van der Waals surface area contributed by atoms with E-state index in [1.165, 1.54) is 0 Å². The quantitative estimate of drug-likeness (QED) is 0.628. The van der Waals surface area contributed by atoms with Gasteiger partial charge in [0.25, 0.3) is 11.6 Å². The largest absolute Gasteiger partial charge is 0.452 e. The van der Waals surface area contributed by atoms with Crippen molar-refractivity contribution in [3.8, 4) is 11.3 Å². The van der Waals surface area contributed by atoms with Crippen LogP contribution >= 0.6 is 0 Å². The molecule has 2 aromatic heterocycles. The van der Waals surface area contributed by atoms with Crippen LogP contribution < -0.4 is 5.32 Å². The van der Waals surface area contributed by atoms with Gasteiger partial charge in [-0.15, -0.1) is 0 Å². The Morgan fingerprint density at radius 3 is 2.71 bits per heavy atom. The summed E-state index contributed by atoms with van der Waals surface area (Å²) in [6, 6.07) is 11.1. The molecule has 0 aliphatic carbocycles. The lowest BCUT2D eigenvalue weighted by molar-refractivity contribution is -0.124. The minimum absolute atomic E-state index is 0.0360. The van der Waals surface area contributed by atoms with Gasteiger partial charge in [-0.3, -0.25) is 4.79 Å². The molecule has 3 aromatic rings. The van der Waals surface area contributed by atoms with Crippen molar-refractivity contribution in [3.63, 3.8) is 0 Å². The molecule has 1 N–H and O–H groups in total. The predicted molar refractivity (Wildman–Crippen MR) is 105 cm³/mol.